The van der Waals surface area contributed by atoms with Gasteiger partial charge in [0.25, 0.3) is 5.91 Å². The monoisotopic (exact) mass is 736 g/mol. The Morgan fingerprint density at radius 1 is 0.923 bits per heavy atom. The summed E-state index contributed by atoms with van der Waals surface area (Å²) in [5.41, 5.74) is 1.71. The van der Waals surface area contributed by atoms with Gasteiger partial charge in [0.05, 0.1) is 18.3 Å². The minimum Gasteiger partial charge on any atom is -0.484 e. The average molecular weight is 737 g/mol. The zero-order valence-corrected chi connectivity index (χ0v) is 31.3. The molecule has 4 rings (SSSR count). The number of carbonyl (C=O) groups is 5. The molecule has 0 spiro atoms. The van der Waals surface area contributed by atoms with Crippen LogP contribution >= 0.6 is 11.8 Å². The molecule has 2 heterocycles. The van der Waals surface area contributed by atoms with Crippen molar-refractivity contribution in [3.8, 4) is 5.75 Å². The number of rotatable bonds is 6. The van der Waals surface area contributed by atoms with Crippen molar-refractivity contribution < 1.29 is 33.8 Å². The summed E-state index contributed by atoms with van der Waals surface area (Å²) < 4.78 is 7.74. The molecule has 13 nitrogen and oxygen atoms in total. The molecule has 52 heavy (non-hydrogen) atoms. The molecule has 5 N–H and O–H groups in total. The predicted octanol–water partition coefficient (Wildman–Crippen LogP) is 2.53. The number of aryl methyl sites for hydroxylation is 1. The first-order valence-corrected chi connectivity index (χ1v) is 18.9. The topological polar surface area (TPSA) is 171 Å². The lowest BCUT2D eigenvalue weighted by molar-refractivity contribution is -0.134. The molecule has 0 unspecified atom stereocenters. The van der Waals surface area contributed by atoms with Gasteiger partial charge in [0, 0.05) is 55.2 Å². The second-order valence-corrected chi connectivity index (χ2v) is 14.6. The van der Waals surface area contributed by atoms with E-state index in [1.807, 2.05) is 55.9 Å². The van der Waals surface area contributed by atoms with Gasteiger partial charge in [0.1, 0.15) is 17.8 Å². The van der Waals surface area contributed by atoms with E-state index < -0.39 is 35.9 Å². The third-order valence-corrected chi connectivity index (χ3v) is 9.73. The molecule has 1 aliphatic rings. The van der Waals surface area contributed by atoms with E-state index in [9.17, 15) is 29.1 Å². The average Bonchev–Trinajstić information content (AvgIpc) is 3.43. The molecule has 3 atom stereocenters. The fourth-order valence-electron chi connectivity index (χ4n) is 6.00. The number of aromatic nitrogens is 1. The number of hydrogen-bond donors (Lipinski definition) is 5. The summed E-state index contributed by atoms with van der Waals surface area (Å²) in [5.74, 6) is -1.14. The summed E-state index contributed by atoms with van der Waals surface area (Å²) in [7, 11) is 1.98. The van der Waals surface area contributed by atoms with Crippen molar-refractivity contribution in [2.24, 2.45) is 13.0 Å². The van der Waals surface area contributed by atoms with Crippen LogP contribution in [-0.2, 0) is 37.4 Å². The van der Waals surface area contributed by atoms with Crippen LogP contribution in [-0.4, -0.2) is 101 Å². The van der Waals surface area contributed by atoms with E-state index in [0.717, 1.165) is 15.8 Å². The van der Waals surface area contributed by atoms with Crippen LogP contribution in [0.25, 0.3) is 10.9 Å². The van der Waals surface area contributed by atoms with E-state index in [0.29, 0.717) is 56.6 Å². The molecule has 0 aliphatic carbocycles. The van der Waals surface area contributed by atoms with Crippen LogP contribution in [0.2, 0.25) is 0 Å². The third kappa shape index (κ3) is 12.3. The highest BCUT2D eigenvalue weighted by Crippen LogP contribution is 2.29. The van der Waals surface area contributed by atoms with Crippen LogP contribution in [0.5, 0.6) is 5.75 Å². The SMILES string of the molecule is CC(C)C[C@H]1NC(=O)Cc2cccc(c2)OCC(=O)NCCCN(C(=O)CSc2cn(C)c3ccccc23)CCCCNC(=O)[C@H]([C@@H](C)O)NC1=O. The molecule has 0 saturated heterocycles. The Hall–Kier alpha value is -4.56. The van der Waals surface area contributed by atoms with E-state index >= 15 is 0 Å². The van der Waals surface area contributed by atoms with Gasteiger partial charge in [0.15, 0.2) is 6.61 Å². The fourth-order valence-corrected chi connectivity index (χ4v) is 7.02. The van der Waals surface area contributed by atoms with Crippen molar-refractivity contribution in [3.05, 3.63) is 60.3 Å². The third-order valence-electron chi connectivity index (χ3n) is 8.70. The number of nitrogens with zero attached hydrogens (tertiary/aromatic N) is 2. The van der Waals surface area contributed by atoms with Gasteiger partial charge < -0.3 is 40.6 Å². The quantitative estimate of drug-likeness (QED) is 0.241. The molecule has 1 aromatic heterocycles. The maximum absolute atomic E-state index is 13.5. The van der Waals surface area contributed by atoms with E-state index in [1.165, 1.54) is 18.7 Å². The molecule has 5 amide bonds. The maximum Gasteiger partial charge on any atom is 0.257 e. The minimum atomic E-state index is -1.22. The number of aliphatic hydroxyl groups excluding tert-OH is 1. The molecule has 3 aromatic rings. The van der Waals surface area contributed by atoms with Crippen LogP contribution < -0.4 is 26.0 Å². The molecule has 2 bridgehead atoms. The Balaban J connectivity index is 1.45. The fraction of sp³-hybridized carbons (Fsp3) is 0.500. The van der Waals surface area contributed by atoms with Crippen LogP contribution in [0.3, 0.4) is 0 Å². The van der Waals surface area contributed by atoms with Gasteiger partial charge >= 0.3 is 0 Å². The van der Waals surface area contributed by atoms with Gasteiger partial charge in [-0.05, 0) is 62.3 Å². The minimum absolute atomic E-state index is 0.0297. The van der Waals surface area contributed by atoms with E-state index in [-0.39, 0.29) is 43.1 Å². The van der Waals surface area contributed by atoms with Gasteiger partial charge in [-0.2, -0.15) is 0 Å². The molecular formula is C38H52N6O7S. The first-order valence-electron chi connectivity index (χ1n) is 17.9. The van der Waals surface area contributed by atoms with Crippen molar-refractivity contribution >= 4 is 52.2 Å². The number of hydrogen-bond acceptors (Lipinski definition) is 8. The second-order valence-electron chi connectivity index (χ2n) is 13.6. The highest BCUT2D eigenvalue weighted by atomic mass is 32.2. The molecular weight excluding hydrogens is 685 g/mol. The number of thioether (sulfide) groups is 1. The second kappa shape index (κ2) is 19.9. The van der Waals surface area contributed by atoms with Crippen molar-refractivity contribution in [1.82, 2.24) is 30.7 Å². The van der Waals surface area contributed by atoms with Crippen molar-refractivity contribution in [3.63, 3.8) is 0 Å². The smallest absolute Gasteiger partial charge is 0.257 e. The van der Waals surface area contributed by atoms with Gasteiger partial charge in [-0.25, -0.2) is 0 Å². The van der Waals surface area contributed by atoms with Gasteiger partial charge in [0.2, 0.25) is 23.6 Å². The van der Waals surface area contributed by atoms with Crippen LogP contribution in [0, 0.1) is 5.92 Å². The number of aliphatic hydroxyl groups is 1. The highest BCUT2D eigenvalue weighted by Gasteiger charge is 2.30. The lowest BCUT2D eigenvalue weighted by atomic mass is 10.0. The first-order chi connectivity index (χ1) is 24.9. The lowest BCUT2D eigenvalue weighted by Crippen LogP contribution is -2.57. The number of nitrogens with one attached hydrogen (secondary N) is 4. The lowest BCUT2D eigenvalue weighted by Gasteiger charge is -2.26. The molecule has 1 aliphatic heterocycles. The highest BCUT2D eigenvalue weighted by molar-refractivity contribution is 8.00. The Kier molecular flexibility index (Phi) is 15.4. The molecule has 0 fully saturated rings. The first kappa shape index (κ1) is 40.2. The Morgan fingerprint density at radius 3 is 2.44 bits per heavy atom. The Labute approximate surface area is 309 Å². The van der Waals surface area contributed by atoms with E-state index in [4.69, 9.17) is 4.74 Å². The summed E-state index contributed by atoms with van der Waals surface area (Å²) in [6.07, 6.45) is 2.80. The van der Waals surface area contributed by atoms with Gasteiger partial charge in [-0.3, -0.25) is 24.0 Å². The normalized spacial score (nSPS) is 19.8. The largest absolute Gasteiger partial charge is 0.484 e. The van der Waals surface area contributed by atoms with Crippen molar-refractivity contribution in [2.75, 3.05) is 38.5 Å². The van der Waals surface area contributed by atoms with Crippen molar-refractivity contribution in [2.45, 2.75) is 76.0 Å². The summed E-state index contributed by atoms with van der Waals surface area (Å²) in [5, 5.41) is 22.6. The van der Waals surface area contributed by atoms with E-state index in [1.54, 1.807) is 29.2 Å². The molecule has 0 radical (unpaired) electrons. The number of fused-ring (bicyclic) bond motifs is 3. The zero-order valence-electron chi connectivity index (χ0n) is 30.5. The maximum atomic E-state index is 13.5. The number of para-hydroxylation sites is 1. The summed E-state index contributed by atoms with van der Waals surface area (Å²) >= 11 is 1.49. The predicted molar refractivity (Wildman–Crippen MR) is 201 cm³/mol. The Morgan fingerprint density at radius 2 is 1.67 bits per heavy atom. The standard InChI is InChI=1S/C38H52N6O7S/c1-25(2)19-30-37(49)42-36(26(3)45)38(50)40-15-7-8-17-44(35(48)24-52-32-22-43(4)31-14-6-5-13-29(31)32)18-10-16-39-34(47)23-51-28-12-9-11-27(20-28)21-33(46)41-30/h5-6,9,11-14,20,22,25-26,30,36,45H,7-8,10,15-19,21,23-24H2,1-4H3,(H,39,47)(H,40,50)(H,41,46)(H,42,49)/t26-,30-,36+/m1/s1. The molecule has 0 saturated carbocycles. The number of ether oxygens (including phenoxy) is 1. The number of benzene rings is 2. The molecule has 282 valence electrons. The van der Waals surface area contributed by atoms with E-state index in [2.05, 4.69) is 21.3 Å². The zero-order chi connectivity index (χ0) is 37.6. The number of amides is 5. The number of carbonyl (C=O) groups excluding carboxylic acids is 5. The van der Waals surface area contributed by atoms with Crippen LogP contribution in [0.1, 0.15) is 52.0 Å². The summed E-state index contributed by atoms with van der Waals surface area (Å²) in [4.78, 5) is 68.4. The van der Waals surface area contributed by atoms with Crippen molar-refractivity contribution in [1.29, 1.82) is 0 Å². The molecule has 2 aromatic carbocycles. The molecule has 14 heteroatoms. The summed E-state index contributed by atoms with van der Waals surface area (Å²) in [6, 6.07) is 12.7. The van der Waals surface area contributed by atoms with Gasteiger partial charge in [-0.15, -0.1) is 11.8 Å². The Bertz CT molecular complexity index is 1690. The van der Waals surface area contributed by atoms with Crippen LogP contribution in [0.15, 0.2) is 59.6 Å². The summed E-state index contributed by atoms with van der Waals surface area (Å²) in [6.45, 7) is 6.54. The van der Waals surface area contributed by atoms with Gasteiger partial charge in [-0.1, -0.05) is 44.2 Å². The van der Waals surface area contributed by atoms with Crippen LogP contribution in [0.4, 0.5) is 0 Å².